The Morgan fingerprint density at radius 3 is 1.26 bits per heavy atom. The van der Waals surface area contributed by atoms with Gasteiger partial charge in [-0.05, 0) is 44.2 Å². The Kier molecular flexibility index (Phi) is 38.9. The molecule has 0 rings (SSSR count). The van der Waals surface area contributed by atoms with Gasteiger partial charge in [-0.2, -0.15) is 14.8 Å². The Morgan fingerprint density at radius 2 is 1.04 bits per heavy atom. The van der Waals surface area contributed by atoms with Gasteiger partial charge in [0.15, 0.2) is 0 Å². The molecule has 3 unspecified atom stereocenters. The summed E-state index contributed by atoms with van der Waals surface area (Å²) >= 11 is 0. The van der Waals surface area contributed by atoms with Crippen molar-refractivity contribution in [1.29, 1.82) is 0 Å². The van der Waals surface area contributed by atoms with Crippen molar-refractivity contribution >= 4 is 0 Å². The normalized spacial score (nSPS) is 13.2. The Labute approximate surface area is 135 Å². The van der Waals surface area contributed by atoms with E-state index in [0.29, 0.717) is 12.8 Å². The summed E-state index contributed by atoms with van der Waals surface area (Å²) in [6.07, 6.45) is 1.81. The van der Waals surface area contributed by atoms with Crippen LogP contribution in [0.1, 0.15) is 33.1 Å². The molecule has 0 saturated carbocycles. The van der Waals surface area contributed by atoms with E-state index >= 15 is 0 Å². The molecule has 0 radical (unpaired) electrons. The van der Waals surface area contributed by atoms with E-state index in [0.717, 1.165) is 27.8 Å². The summed E-state index contributed by atoms with van der Waals surface area (Å²) < 4.78 is 66.5. The van der Waals surface area contributed by atoms with Gasteiger partial charge in [0, 0.05) is 0 Å². The van der Waals surface area contributed by atoms with E-state index < -0.39 is 20.0 Å². The number of hydrogen-bond donors (Lipinski definition) is 0. The molecule has 0 amide bonds. The first kappa shape index (κ1) is 30.4. The third-order valence-electron chi connectivity index (χ3n) is 2.68. The molecule has 0 aliphatic heterocycles. The molecule has 0 aromatic carbocycles. The van der Waals surface area contributed by atoms with Gasteiger partial charge in [-0.1, -0.05) is 20.3 Å². The van der Waals surface area contributed by atoms with Crippen molar-refractivity contribution in [1.82, 2.24) is 0 Å². The SMILES string of the molecule is CCC(CF)CC(CF)CC(C)CF.COF.COF.COF. The molecule has 0 fully saturated rings. The van der Waals surface area contributed by atoms with Crippen molar-refractivity contribution in [3.8, 4) is 0 Å². The van der Waals surface area contributed by atoms with E-state index in [1.807, 2.05) is 6.92 Å². The molecule has 3 nitrogen and oxygen atoms in total. The maximum atomic E-state index is 12.5. The van der Waals surface area contributed by atoms with Crippen molar-refractivity contribution in [3.63, 3.8) is 0 Å². The van der Waals surface area contributed by atoms with Crippen LogP contribution >= 0.6 is 0 Å². The topological polar surface area (TPSA) is 27.7 Å². The van der Waals surface area contributed by atoms with Crippen LogP contribution in [-0.4, -0.2) is 41.4 Å². The highest BCUT2D eigenvalue weighted by atomic mass is 19.3. The molecule has 0 heterocycles. The van der Waals surface area contributed by atoms with Crippen LogP contribution in [-0.2, 0) is 14.8 Å². The summed E-state index contributed by atoms with van der Waals surface area (Å²) in [5.41, 5.74) is 0. The quantitative estimate of drug-likeness (QED) is 0.535. The molecule has 3 atom stereocenters. The van der Waals surface area contributed by atoms with Crippen molar-refractivity contribution in [3.05, 3.63) is 0 Å². The van der Waals surface area contributed by atoms with E-state index in [9.17, 15) is 26.7 Å². The minimum Gasteiger partial charge on any atom is -0.251 e. The Morgan fingerprint density at radius 1 is 0.696 bits per heavy atom. The standard InChI is InChI=1S/C11H21F3.3CH3FO/c1-3-10(7-13)5-11(8-14)4-9(2)6-12;3*1-3-2/h9-11H,3-8H2,1-2H3;3*1H3. The van der Waals surface area contributed by atoms with Gasteiger partial charge in [0.2, 0.25) is 0 Å². The zero-order valence-corrected chi connectivity index (χ0v) is 14.5. The molecule has 146 valence electrons. The van der Waals surface area contributed by atoms with Crippen LogP contribution in [0.25, 0.3) is 0 Å². The van der Waals surface area contributed by atoms with Gasteiger partial charge in [-0.25, -0.2) is 0 Å². The number of hydrogen-bond acceptors (Lipinski definition) is 3. The molecule has 0 bridgehead atoms. The van der Waals surface area contributed by atoms with Gasteiger partial charge in [-0.3, -0.25) is 13.2 Å². The lowest BCUT2D eigenvalue weighted by Crippen LogP contribution is -2.15. The second kappa shape index (κ2) is 29.5. The first-order valence-corrected chi connectivity index (χ1v) is 7.04. The van der Waals surface area contributed by atoms with Crippen LogP contribution in [0, 0.1) is 17.8 Å². The average molecular weight is 360 g/mol. The summed E-state index contributed by atoms with van der Waals surface area (Å²) in [4.78, 5) is 8.25. The second-order valence-corrected chi connectivity index (χ2v) is 4.64. The lowest BCUT2D eigenvalue weighted by molar-refractivity contribution is -0.0960. The molecule has 0 saturated heterocycles. The smallest absolute Gasteiger partial charge is 0.0922 e. The summed E-state index contributed by atoms with van der Waals surface area (Å²) in [6, 6.07) is 0. The zero-order chi connectivity index (χ0) is 19.1. The highest BCUT2D eigenvalue weighted by molar-refractivity contribution is 4.67. The highest BCUT2D eigenvalue weighted by Crippen LogP contribution is 2.23. The van der Waals surface area contributed by atoms with Gasteiger partial charge < -0.3 is 0 Å². The third-order valence-corrected chi connectivity index (χ3v) is 2.68. The molecule has 0 spiro atoms. The number of alkyl halides is 3. The van der Waals surface area contributed by atoms with Crippen molar-refractivity contribution in [2.24, 2.45) is 17.8 Å². The second-order valence-electron chi connectivity index (χ2n) is 4.64. The minimum atomic E-state index is -0.458. The predicted octanol–water partition coefficient (Wildman–Crippen LogP) is 5.51. The lowest BCUT2D eigenvalue weighted by atomic mass is 9.88. The molecular weight excluding hydrogens is 330 g/mol. The minimum absolute atomic E-state index is 0.0532. The first-order valence-electron chi connectivity index (χ1n) is 7.04. The molecule has 0 aromatic rings. The van der Waals surface area contributed by atoms with Gasteiger partial charge in [0.05, 0.1) is 41.4 Å². The number of rotatable bonds is 8. The van der Waals surface area contributed by atoms with Crippen LogP contribution in [0.3, 0.4) is 0 Å². The molecule has 0 N–H and O–H groups in total. The Bertz CT molecular complexity index is 172. The maximum Gasteiger partial charge on any atom is 0.0922 e. The summed E-state index contributed by atoms with van der Waals surface area (Å²) in [5.74, 6) is -0.322. The van der Waals surface area contributed by atoms with Crippen LogP contribution in [0.4, 0.5) is 26.7 Å². The van der Waals surface area contributed by atoms with Crippen molar-refractivity contribution < 1.29 is 41.6 Å². The van der Waals surface area contributed by atoms with Gasteiger partial charge >= 0.3 is 0 Å². The molecule has 23 heavy (non-hydrogen) atoms. The van der Waals surface area contributed by atoms with Crippen molar-refractivity contribution in [2.75, 3.05) is 41.4 Å². The Balaban J connectivity index is -0.000000166. The van der Waals surface area contributed by atoms with Crippen molar-refractivity contribution in [2.45, 2.75) is 33.1 Å². The van der Waals surface area contributed by atoms with Crippen LogP contribution in [0.2, 0.25) is 0 Å². The highest BCUT2D eigenvalue weighted by Gasteiger charge is 2.17. The summed E-state index contributed by atoms with van der Waals surface area (Å²) in [6.45, 7) is 2.40. The van der Waals surface area contributed by atoms with Gasteiger partial charge in [0.25, 0.3) is 0 Å². The Hall–Kier alpha value is -0.540. The van der Waals surface area contributed by atoms with E-state index in [1.54, 1.807) is 6.92 Å². The third kappa shape index (κ3) is 34.0. The molecule has 0 aromatic heterocycles. The summed E-state index contributed by atoms with van der Waals surface area (Å²) in [7, 11) is 2.88. The fourth-order valence-corrected chi connectivity index (χ4v) is 1.66. The summed E-state index contributed by atoms with van der Waals surface area (Å²) in [5, 5.41) is 0. The van der Waals surface area contributed by atoms with Crippen LogP contribution in [0.5, 0.6) is 0 Å². The molecule has 0 aliphatic rings. The lowest BCUT2D eigenvalue weighted by Gasteiger charge is -2.20. The van der Waals surface area contributed by atoms with Gasteiger partial charge in [0.1, 0.15) is 0 Å². The predicted molar refractivity (Wildman–Crippen MR) is 77.9 cm³/mol. The maximum absolute atomic E-state index is 12.5. The average Bonchev–Trinajstić information content (AvgIpc) is 2.53. The van der Waals surface area contributed by atoms with Crippen LogP contribution < -0.4 is 0 Å². The fourth-order valence-electron chi connectivity index (χ4n) is 1.66. The fraction of sp³-hybridized carbons (Fsp3) is 1.00. The van der Waals surface area contributed by atoms with E-state index in [4.69, 9.17) is 0 Å². The largest absolute Gasteiger partial charge is 0.251 e. The van der Waals surface area contributed by atoms with Gasteiger partial charge in [-0.15, -0.1) is 0 Å². The van der Waals surface area contributed by atoms with Crippen LogP contribution in [0.15, 0.2) is 0 Å². The molecule has 9 heteroatoms. The monoisotopic (exact) mass is 360 g/mol. The number of halogens is 6. The van der Waals surface area contributed by atoms with E-state index in [1.165, 1.54) is 0 Å². The molecular formula is C14H30F6O3. The van der Waals surface area contributed by atoms with E-state index in [2.05, 4.69) is 14.8 Å². The molecule has 0 aliphatic carbocycles. The first-order chi connectivity index (χ1) is 10.9. The van der Waals surface area contributed by atoms with E-state index in [-0.39, 0.29) is 17.8 Å². The zero-order valence-electron chi connectivity index (χ0n) is 14.5.